The fourth-order valence-corrected chi connectivity index (χ4v) is 4.08. The minimum absolute atomic E-state index is 0.179. The first-order chi connectivity index (χ1) is 11.2. The van der Waals surface area contributed by atoms with Gasteiger partial charge in [-0.3, -0.25) is 0 Å². The van der Waals surface area contributed by atoms with Gasteiger partial charge in [0, 0.05) is 5.56 Å². The predicted octanol–water partition coefficient (Wildman–Crippen LogP) is 7.37. The molecular weight excluding hydrogens is 280 g/mol. The highest BCUT2D eigenvalue weighted by Gasteiger charge is 2.32. The summed E-state index contributed by atoms with van der Waals surface area (Å²) in [5, 5.41) is 10.4. The minimum atomic E-state index is 0.179. The molecule has 0 aromatic heterocycles. The van der Waals surface area contributed by atoms with Crippen LogP contribution in [0.3, 0.4) is 0 Å². The Labute approximate surface area is 144 Å². The molecule has 0 aliphatic heterocycles. The van der Waals surface area contributed by atoms with E-state index in [1.54, 1.807) is 0 Å². The molecule has 0 fully saturated rings. The van der Waals surface area contributed by atoms with Gasteiger partial charge in [0.25, 0.3) is 0 Å². The molecule has 1 rings (SSSR count). The second kappa shape index (κ2) is 11.5. The number of aromatic hydroxyl groups is 1. The normalized spacial score (nSPS) is 11.8. The van der Waals surface area contributed by atoms with E-state index in [-0.39, 0.29) is 5.41 Å². The molecule has 23 heavy (non-hydrogen) atoms. The number of unbranched alkanes of at least 4 members (excludes halogenated alkanes) is 6. The van der Waals surface area contributed by atoms with Gasteiger partial charge in [0.05, 0.1) is 0 Å². The first-order valence-corrected chi connectivity index (χ1v) is 9.98. The van der Waals surface area contributed by atoms with Crippen molar-refractivity contribution in [2.75, 3.05) is 0 Å². The van der Waals surface area contributed by atoms with Crippen LogP contribution in [0.25, 0.3) is 0 Å². The van der Waals surface area contributed by atoms with Crippen LogP contribution in [0.5, 0.6) is 5.75 Å². The van der Waals surface area contributed by atoms with E-state index in [4.69, 9.17) is 0 Å². The smallest absolute Gasteiger partial charge is 0.119 e. The molecule has 0 spiro atoms. The molecule has 0 atom stereocenters. The molecule has 0 saturated heterocycles. The summed E-state index contributed by atoms with van der Waals surface area (Å²) in [6.07, 6.45) is 15.5. The lowest BCUT2D eigenvalue weighted by Gasteiger charge is -2.35. The molecule has 132 valence electrons. The Balaban J connectivity index is 2.67. The Hall–Kier alpha value is -0.980. The van der Waals surface area contributed by atoms with Gasteiger partial charge in [-0.25, -0.2) is 0 Å². The minimum Gasteiger partial charge on any atom is -0.508 e. The number of para-hydroxylation sites is 1. The van der Waals surface area contributed by atoms with Crippen molar-refractivity contribution in [2.24, 2.45) is 0 Å². The van der Waals surface area contributed by atoms with Crippen LogP contribution in [0.2, 0.25) is 0 Å². The van der Waals surface area contributed by atoms with Gasteiger partial charge in [0.1, 0.15) is 5.75 Å². The van der Waals surface area contributed by atoms with Gasteiger partial charge >= 0.3 is 0 Å². The molecule has 0 unspecified atom stereocenters. The van der Waals surface area contributed by atoms with Crippen LogP contribution in [0.4, 0.5) is 0 Å². The van der Waals surface area contributed by atoms with Gasteiger partial charge in [-0.2, -0.15) is 0 Å². The Morgan fingerprint density at radius 2 is 1.26 bits per heavy atom. The number of phenols is 1. The largest absolute Gasteiger partial charge is 0.508 e. The lowest BCUT2D eigenvalue weighted by Crippen LogP contribution is -2.26. The number of hydrogen-bond donors (Lipinski definition) is 1. The van der Waals surface area contributed by atoms with E-state index in [2.05, 4.69) is 32.9 Å². The molecular formula is C22H38O. The standard InChI is InChI=1S/C22H38O/c1-4-7-8-9-10-11-14-19-22(17-5-2,18-6-3)20-15-12-13-16-21(20)23/h12-13,15-16,23H,4-11,14,17-19H2,1-3H3. The molecule has 0 bridgehead atoms. The Morgan fingerprint density at radius 1 is 0.696 bits per heavy atom. The first-order valence-electron chi connectivity index (χ1n) is 9.98. The second-order valence-corrected chi connectivity index (χ2v) is 7.17. The van der Waals surface area contributed by atoms with E-state index in [1.807, 2.05) is 12.1 Å². The van der Waals surface area contributed by atoms with Gasteiger partial charge in [0.2, 0.25) is 0 Å². The van der Waals surface area contributed by atoms with Crippen molar-refractivity contribution in [3.8, 4) is 5.75 Å². The zero-order valence-electron chi connectivity index (χ0n) is 15.7. The lowest BCUT2D eigenvalue weighted by atomic mass is 9.69. The zero-order chi connectivity index (χ0) is 17.0. The third-order valence-electron chi connectivity index (χ3n) is 5.19. The Bertz CT molecular complexity index is 404. The highest BCUT2D eigenvalue weighted by Crippen LogP contribution is 2.43. The predicted molar refractivity (Wildman–Crippen MR) is 102 cm³/mol. The van der Waals surface area contributed by atoms with Crippen molar-refractivity contribution in [3.63, 3.8) is 0 Å². The quantitative estimate of drug-likeness (QED) is 0.376. The summed E-state index contributed by atoms with van der Waals surface area (Å²) in [4.78, 5) is 0. The van der Waals surface area contributed by atoms with Crippen molar-refractivity contribution < 1.29 is 5.11 Å². The third kappa shape index (κ3) is 6.57. The van der Waals surface area contributed by atoms with Crippen LogP contribution in [0.15, 0.2) is 24.3 Å². The molecule has 0 aliphatic carbocycles. The van der Waals surface area contributed by atoms with Crippen molar-refractivity contribution in [1.82, 2.24) is 0 Å². The molecule has 0 radical (unpaired) electrons. The molecule has 1 N–H and O–H groups in total. The van der Waals surface area contributed by atoms with E-state index in [1.165, 1.54) is 82.6 Å². The lowest BCUT2D eigenvalue weighted by molar-refractivity contribution is 0.304. The summed E-state index contributed by atoms with van der Waals surface area (Å²) in [6, 6.07) is 8.04. The van der Waals surface area contributed by atoms with Crippen molar-refractivity contribution in [1.29, 1.82) is 0 Å². The number of benzene rings is 1. The van der Waals surface area contributed by atoms with Crippen LogP contribution in [-0.2, 0) is 5.41 Å². The Kier molecular flexibility index (Phi) is 10.1. The molecule has 0 heterocycles. The van der Waals surface area contributed by atoms with Crippen molar-refractivity contribution >= 4 is 0 Å². The van der Waals surface area contributed by atoms with Gasteiger partial charge in [-0.05, 0) is 30.7 Å². The van der Waals surface area contributed by atoms with Gasteiger partial charge in [-0.1, -0.05) is 96.8 Å². The summed E-state index contributed by atoms with van der Waals surface area (Å²) in [6.45, 7) is 6.82. The maximum Gasteiger partial charge on any atom is 0.119 e. The van der Waals surface area contributed by atoms with Crippen LogP contribution < -0.4 is 0 Å². The molecule has 0 saturated carbocycles. The fourth-order valence-electron chi connectivity index (χ4n) is 4.08. The Morgan fingerprint density at radius 3 is 1.83 bits per heavy atom. The monoisotopic (exact) mass is 318 g/mol. The van der Waals surface area contributed by atoms with Gasteiger partial charge < -0.3 is 5.11 Å². The summed E-state index contributed by atoms with van der Waals surface area (Å²) in [7, 11) is 0. The summed E-state index contributed by atoms with van der Waals surface area (Å²) in [5.41, 5.74) is 1.37. The average Bonchev–Trinajstić information content (AvgIpc) is 2.54. The third-order valence-corrected chi connectivity index (χ3v) is 5.19. The molecule has 0 aliphatic rings. The van der Waals surface area contributed by atoms with E-state index in [9.17, 15) is 5.11 Å². The average molecular weight is 319 g/mol. The summed E-state index contributed by atoms with van der Waals surface area (Å²) >= 11 is 0. The van der Waals surface area contributed by atoms with Crippen LogP contribution in [0.1, 0.15) is 103 Å². The van der Waals surface area contributed by atoms with E-state index in [0.29, 0.717) is 5.75 Å². The topological polar surface area (TPSA) is 20.2 Å². The summed E-state index contributed by atoms with van der Waals surface area (Å²) < 4.78 is 0. The molecule has 1 nitrogen and oxygen atoms in total. The number of hydrogen-bond acceptors (Lipinski definition) is 1. The van der Waals surface area contributed by atoms with Gasteiger partial charge in [0.15, 0.2) is 0 Å². The van der Waals surface area contributed by atoms with Crippen LogP contribution in [0, 0.1) is 0 Å². The SMILES string of the molecule is CCCCCCCCCC(CCC)(CCC)c1ccccc1O. The number of rotatable bonds is 13. The van der Waals surface area contributed by atoms with E-state index < -0.39 is 0 Å². The molecule has 1 heteroatoms. The highest BCUT2D eigenvalue weighted by molar-refractivity contribution is 5.38. The molecule has 0 amide bonds. The van der Waals surface area contributed by atoms with E-state index >= 15 is 0 Å². The zero-order valence-corrected chi connectivity index (χ0v) is 15.7. The molecule has 1 aromatic carbocycles. The highest BCUT2D eigenvalue weighted by atomic mass is 16.3. The van der Waals surface area contributed by atoms with Crippen molar-refractivity contribution in [2.45, 2.75) is 103 Å². The van der Waals surface area contributed by atoms with Crippen molar-refractivity contribution in [3.05, 3.63) is 29.8 Å². The summed E-state index contributed by atoms with van der Waals surface area (Å²) in [5.74, 6) is 0.498. The maximum atomic E-state index is 10.4. The maximum absolute atomic E-state index is 10.4. The van der Waals surface area contributed by atoms with Crippen LogP contribution >= 0.6 is 0 Å². The first kappa shape index (κ1) is 20.1. The van der Waals surface area contributed by atoms with Crippen LogP contribution in [-0.4, -0.2) is 5.11 Å². The second-order valence-electron chi connectivity index (χ2n) is 7.17. The number of phenolic OH excluding ortho intramolecular Hbond substituents is 1. The van der Waals surface area contributed by atoms with Gasteiger partial charge in [-0.15, -0.1) is 0 Å². The fraction of sp³-hybridized carbons (Fsp3) is 0.727. The molecule has 1 aromatic rings. The van der Waals surface area contributed by atoms with E-state index in [0.717, 1.165) is 0 Å².